The van der Waals surface area contributed by atoms with Crippen molar-refractivity contribution in [1.82, 2.24) is 70.9 Å². The van der Waals surface area contributed by atoms with Gasteiger partial charge in [-0.15, -0.1) is 0 Å². The molecule has 0 spiro atoms. The number of fused-ring (bicyclic) bond motifs is 2. The van der Waals surface area contributed by atoms with Crippen molar-refractivity contribution < 1.29 is 160 Å². The topological polar surface area (TPSA) is 696 Å². The number of halogens is 12. The summed E-state index contributed by atoms with van der Waals surface area (Å²) >= 11 is 0. The van der Waals surface area contributed by atoms with Crippen molar-refractivity contribution in [2.45, 2.75) is 81.1 Å². The van der Waals surface area contributed by atoms with E-state index in [2.05, 4.69) is 72.5 Å². The first-order valence-corrected chi connectivity index (χ1v) is 41.9. The summed E-state index contributed by atoms with van der Waals surface area (Å²) in [5.41, 5.74) is 4.25. The summed E-state index contributed by atoms with van der Waals surface area (Å²) in [4.78, 5) is 176. The third-order valence-electron chi connectivity index (χ3n) is 17.3. The van der Waals surface area contributed by atoms with Crippen LogP contribution >= 0.6 is 0 Å². The average molecular weight is 2010 g/mol. The van der Waals surface area contributed by atoms with Crippen molar-refractivity contribution >= 4 is 131 Å². The van der Waals surface area contributed by atoms with Crippen molar-refractivity contribution in [2.24, 2.45) is 5.73 Å². The smallest absolute Gasteiger partial charge is 0.485 e. The van der Waals surface area contributed by atoms with E-state index >= 15 is 0 Å². The number of rotatable bonds is 38. The number of amides is 7. The number of aromatic amines is 2. The monoisotopic (exact) mass is 2010 g/mol. The Morgan fingerprint density at radius 2 is 0.862 bits per heavy atom. The fourth-order valence-corrected chi connectivity index (χ4v) is 10.7. The van der Waals surface area contributed by atoms with Gasteiger partial charge >= 0.3 is 53.1 Å². The minimum absolute atomic E-state index is 0.0789. The molecule has 0 radical (unpaired) electrons. The van der Waals surface area contributed by atoms with E-state index in [-0.39, 0.29) is 158 Å². The highest BCUT2D eigenvalue weighted by atomic mass is 32.2. The van der Waals surface area contributed by atoms with Crippen molar-refractivity contribution in [2.75, 3.05) is 136 Å². The third kappa shape index (κ3) is 38.2. The zero-order valence-electron chi connectivity index (χ0n) is 72.9. The van der Waals surface area contributed by atoms with Crippen LogP contribution in [0.15, 0.2) is 107 Å². The molecule has 138 heavy (non-hydrogen) atoms. The molecule has 0 unspecified atom stereocenters. The highest BCUT2D eigenvalue weighted by Gasteiger charge is 2.45. The number of esters is 2. The lowest BCUT2D eigenvalue weighted by Gasteiger charge is -2.24. The molecule has 4 aromatic heterocycles. The third-order valence-corrected chi connectivity index (χ3v) is 18.5. The summed E-state index contributed by atoms with van der Waals surface area (Å²) in [6.07, 6.45) is -9.18. The van der Waals surface area contributed by atoms with Crippen LogP contribution in [0, 0.1) is 29.6 Å². The Morgan fingerprint density at radius 1 is 0.514 bits per heavy atom. The standard InChI is InChI=1S/C39H44F3N11O9.C28H34F3N9O8.C9H7NO2.2CHF3O3S/c1-53(2,3)29-11-7-24(19-25(29)20-43)33(55)46-14-16-62-18-17-61-15-13-45-30(54)12-10-28(36(58)60-4)49-34(56)23-5-8-27(9-6-23)52(37(59)39(40,41)42)22-26-21-47-32-31(48-26)35(57)51-38(44)50-32;1-46-25(44)19(6-7-20(41)34-9-11-48-13-12-47-10-8-32)37-23(42)16-2-4-18(5-3-16)40(26(45)28(29,30)31)15-17-14-35-22-21(36-17)24(43)39-27(33)38-22;1-6-2-3-7(9(11)12)4-8(6)5-10;2*2-1(3,4)8(5,6)7/h5-9,11,19,21,28H,10,12-18,22H2,1-4H3,(H5-,44,45,46,47,49,50,51,54,55,56,57);2-5,14,19H,6-13,15,32H2,1H3,(H,34,41)(H,37,42)(H3,33,35,38,39,43);2-4H,1H3,(H,11,12);2*(H,5,6,7)/p-1/t28-;19-;;;/m00.../s1. The average Bonchev–Trinajstić information content (AvgIpc) is 0.806. The number of nitrogens with zero attached hydrogens (tertiary/aromatic N) is 11. The molecular weight excluding hydrogens is 1920 g/mol. The van der Waals surface area contributed by atoms with Crippen molar-refractivity contribution in [3.63, 3.8) is 0 Å². The van der Waals surface area contributed by atoms with Crippen LogP contribution in [0.25, 0.3) is 22.3 Å². The van der Waals surface area contributed by atoms with Gasteiger partial charge in [0.15, 0.2) is 42.6 Å². The molecule has 0 saturated heterocycles. The van der Waals surface area contributed by atoms with Gasteiger partial charge in [-0.25, -0.2) is 51.2 Å². The maximum Gasteiger partial charge on any atom is 0.485 e. The van der Waals surface area contributed by atoms with Crippen molar-refractivity contribution in [1.29, 1.82) is 10.5 Å². The zero-order chi connectivity index (χ0) is 104. The quantitative estimate of drug-likeness (QED) is 0.00660. The molecule has 46 nitrogen and oxygen atoms in total. The minimum atomic E-state index is -6.09. The van der Waals surface area contributed by atoms with E-state index < -0.39 is 133 Å². The minimum Gasteiger partial charge on any atom is -0.741 e. The largest absolute Gasteiger partial charge is 0.741 e. The number of quaternary nitrogens is 1. The number of H-pyrrole nitrogens is 2. The van der Waals surface area contributed by atoms with E-state index in [1.54, 1.807) is 31.2 Å². The maximum atomic E-state index is 13.6. The van der Waals surface area contributed by atoms with E-state index in [0.29, 0.717) is 57.3 Å². The van der Waals surface area contributed by atoms with E-state index in [1.165, 1.54) is 12.1 Å². The van der Waals surface area contributed by atoms with Crippen LogP contribution in [0.2, 0.25) is 0 Å². The van der Waals surface area contributed by atoms with Crippen molar-refractivity contribution in [3.8, 4) is 12.1 Å². The molecule has 14 N–H and O–H groups in total. The number of carboxylic acids is 1. The molecule has 0 fully saturated rings. The molecule has 8 aromatic rings. The first kappa shape index (κ1) is 116. The van der Waals surface area contributed by atoms with Crippen LogP contribution in [-0.2, 0) is 90.5 Å². The molecule has 0 bridgehead atoms. The van der Waals surface area contributed by atoms with Gasteiger partial charge in [0.1, 0.15) is 29.4 Å². The van der Waals surface area contributed by atoms with Crippen LogP contribution in [0.4, 0.5) is 81.6 Å². The number of carbonyl (C=O) groups excluding carboxylic acids is 9. The fourth-order valence-electron chi connectivity index (χ4n) is 10.7. The zero-order valence-corrected chi connectivity index (χ0v) is 74.5. The number of aromatic carboxylic acids is 1. The van der Waals surface area contributed by atoms with E-state index in [9.17, 15) is 115 Å². The number of nitrogens with two attached hydrogens (primary N) is 3. The molecule has 60 heteroatoms. The van der Waals surface area contributed by atoms with Crippen LogP contribution in [0.5, 0.6) is 0 Å². The van der Waals surface area contributed by atoms with Crippen LogP contribution in [0.3, 0.4) is 0 Å². The van der Waals surface area contributed by atoms with Gasteiger partial charge in [0.2, 0.25) is 23.7 Å². The molecule has 0 saturated carbocycles. The summed E-state index contributed by atoms with van der Waals surface area (Å²) in [7, 11) is -4.23. The van der Waals surface area contributed by atoms with Crippen LogP contribution in [0.1, 0.15) is 95.2 Å². The van der Waals surface area contributed by atoms with Gasteiger partial charge in [0.25, 0.3) is 28.8 Å². The molecule has 0 aliphatic carbocycles. The maximum absolute atomic E-state index is 13.6. The van der Waals surface area contributed by atoms with Gasteiger partial charge in [-0.2, -0.15) is 73.2 Å². The number of carboxylic acid groups (broad SMARTS) is 1. The fraction of sp³-hybridized carbons (Fsp3) is 0.385. The Labute approximate surface area is 772 Å². The summed E-state index contributed by atoms with van der Waals surface area (Å²) < 4.78 is 231. The normalized spacial score (nSPS) is 11.9. The molecule has 2 atom stereocenters. The summed E-state index contributed by atoms with van der Waals surface area (Å²) in [6.45, 7) is 3.26. The van der Waals surface area contributed by atoms with E-state index in [1.807, 2.05) is 27.2 Å². The number of nitrogens with one attached hydrogen (secondary N) is 7. The highest BCUT2D eigenvalue weighted by Crippen LogP contribution is 2.30. The summed E-state index contributed by atoms with van der Waals surface area (Å²) in [5.74, 6) is -10.6. The Morgan fingerprint density at radius 3 is 1.20 bits per heavy atom. The van der Waals surface area contributed by atoms with Gasteiger partial charge in [-0.1, -0.05) is 6.07 Å². The SMILES string of the molecule is COC(=O)[C@H](CCC(=O)NCCOCCOCCN)NC(=O)c1ccc(N(Cc2cnc3nc(N)[nH]c(=O)c3n2)C(=O)C(F)(F)F)cc1.COC(=O)[C@H](CCC(=O)NCCOCCOCCNC(=O)c1ccc([N+](C)(C)C)c(C#N)c1)NC(=O)c1ccc(N(Cc2cnc3nc(N)[nH]c(=O)c3n2)C(=O)C(F)(F)F)cc1.Cc1ccc(C(=O)O)cc1C#N.O=S(=O)([O-])C(F)(F)F.O=S(=O)([O-])C(F)(F)F. The van der Waals surface area contributed by atoms with Crippen LogP contribution in [-0.4, -0.2) is 280 Å². The van der Waals surface area contributed by atoms with E-state index in [0.717, 1.165) is 86.4 Å². The lowest BCUT2D eigenvalue weighted by molar-refractivity contribution is -0.170. The lowest BCUT2D eigenvalue weighted by atomic mass is 10.1. The first-order valence-electron chi connectivity index (χ1n) is 39.1. The number of alkyl halides is 12. The molecule has 750 valence electrons. The Hall–Kier alpha value is -14.7. The summed E-state index contributed by atoms with van der Waals surface area (Å²) in [5, 5.41) is 39.5. The Bertz CT molecular complexity index is 6020. The number of benzene rings is 4. The van der Waals surface area contributed by atoms with Crippen molar-refractivity contribution in [3.05, 3.63) is 168 Å². The number of aromatic nitrogens is 8. The number of carbonyl (C=O) groups is 10. The van der Waals surface area contributed by atoms with Gasteiger partial charge in [0, 0.05) is 73.2 Å². The molecule has 7 amide bonds. The number of methoxy groups -OCH3 is 2. The second kappa shape index (κ2) is 53.0. The predicted octanol–water partition coefficient (Wildman–Crippen LogP) is 2.31. The van der Waals surface area contributed by atoms with Gasteiger partial charge in [-0.05, 0) is 98.1 Å². The molecule has 4 aromatic carbocycles. The van der Waals surface area contributed by atoms with E-state index in [4.69, 9.17) is 81.9 Å². The lowest BCUT2D eigenvalue weighted by Crippen LogP contribution is -2.42. The molecule has 0 aliphatic heterocycles. The highest BCUT2D eigenvalue weighted by molar-refractivity contribution is 7.86. The number of anilines is 4. The number of aryl methyl sites for hydroxylation is 1. The van der Waals surface area contributed by atoms with Gasteiger partial charge in [-0.3, -0.25) is 67.4 Å². The summed E-state index contributed by atoms with van der Waals surface area (Å²) in [6, 6.07) is 19.8. The molecule has 8 rings (SSSR count). The second-order valence-corrected chi connectivity index (χ2v) is 31.1. The van der Waals surface area contributed by atoms with Gasteiger partial charge < -0.3 is 86.4 Å². The first-order chi connectivity index (χ1) is 64.3. The second-order valence-electron chi connectivity index (χ2n) is 28.3. The molecular formula is C78H86F12N21O25S2-. The number of hydrogen-bond acceptors (Lipinski definition) is 35. The molecule has 4 heterocycles. The Balaban J connectivity index is 0.000000455. The predicted molar refractivity (Wildman–Crippen MR) is 453 cm³/mol. The number of ether oxygens (including phenoxy) is 6. The number of nitrogen functional groups attached to an aromatic ring is 2. The number of hydrogen-bond donors (Lipinski definition) is 11. The van der Waals surface area contributed by atoms with Gasteiger partial charge in [0.05, 0.1) is 142 Å². The van der Waals surface area contributed by atoms with Crippen LogP contribution < -0.4 is 69.2 Å². The molecule has 0 aliphatic rings. The number of nitriles is 2. The Kier molecular flexibility index (Phi) is 44.4.